The van der Waals surface area contributed by atoms with E-state index in [1.807, 2.05) is 0 Å². The second-order valence-corrected chi connectivity index (χ2v) is 20.1. The molecule has 2 fully saturated rings. The third-order valence-corrected chi connectivity index (χ3v) is 13.7. The molecule has 11 atom stereocenters. The van der Waals surface area contributed by atoms with Gasteiger partial charge in [0.05, 0.1) is 19.8 Å². The molecule has 2 aliphatic heterocycles. The number of rotatable bonds is 45. The Hall–Kier alpha value is -2.02. The van der Waals surface area contributed by atoms with Crippen molar-refractivity contribution in [3.8, 4) is 0 Å². The number of esters is 2. The van der Waals surface area contributed by atoms with Crippen molar-refractivity contribution in [3.05, 3.63) is 24.3 Å². The first-order valence-corrected chi connectivity index (χ1v) is 28.4. The van der Waals surface area contributed by atoms with Crippen LogP contribution in [-0.2, 0) is 38.0 Å². The van der Waals surface area contributed by atoms with Crippen molar-refractivity contribution in [3.63, 3.8) is 0 Å². The molecule has 4 unspecified atom stereocenters. The average Bonchev–Trinajstić information content (AvgIpc) is 3.36. The fourth-order valence-corrected chi connectivity index (χ4v) is 9.00. The topological polar surface area (TPSA) is 231 Å². The number of allylic oxidation sites excluding steroid dienone is 4. The molecule has 2 saturated heterocycles. The van der Waals surface area contributed by atoms with Crippen LogP contribution in [0.15, 0.2) is 24.3 Å². The largest absolute Gasteiger partial charge is 0.462 e. The van der Waals surface area contributed by atoms with Crippen molar-refractivity contribution < 1.29 is 73.8 Å². The second kappa shape index (κ2) is 43.2. The molecule has 0 bridgehead atoms. The van der Waals surface area contributed by atoms with Gasteiger partial charge in [-0.1, -0.05) is 199 Å². The summed E-state index contributed by atoms with van der Waals surface area (Å²) in [5.41, 5.74) is 0. The van der Waals surface area contributed by atoms with Crippen LogP contribution in [0.2, 0.25) is 0 Å². The zero-order chi connectivity index (χ0) is 51.7. The van der Waals surface area contributed by atoms with Crippen molar-refractivity contribution in [1.82, 2.24) is 0 Å². The summed E-state index contributed by atoms with van der Waals surface area (Å²) >= 11 is 0. The highest BCUT2D eigenvalue weighted by Crippen LogP contribution is 2.27. The number of unbranched alkanes of at least 4 members (excludes halogenated alkanes) is 27. The normalized spacial score (nSPS) is 25.3. The molecule has 0 aromatic carbocycles. The number of aliphatic hydroxyl groups is 7. The lowest BCUT2D eigenvalue weighted by Crippen LogP contribution is -2.61. The second-order valence-electron chi connectivity index (χ2n) is 20.1. The molecule has 0 saturated carbocycles. The van der Waals surface area contributed by atoms with Gasteiger partial charge in [-0.3, -0.25) is 9.59 Å². The van der Waals surface area contributed by atoms with Gasteiger partial charge in [0.15, 0.2) is 18.7 Å². The zero-order valence-corrected chi connectivity index (χ0v) is 44.2. The quantitative estimate of drug-likeness (QED) is 0.0171. The van der Waals surface area contributed by atoms with E-state index in [1.54, 1.807) is 0 Å². The van der Waals surface area contributed by atoms with E-state index >= 15 is 0 Å². The fourth-order valence-electron chi connectivity index (χ4n) is 9.00. The number of aliphatic hydroxyl groups excluding tert-OH is 7. The van der Waals surface area contributed by atoms with Crippen molar-refractivity contribution in [2.75, 3.05) is 26.4 Å². The molecule has 71 heavy (non-hydrogen) atoms. The SMILES string of the molecule is CCCC/C=C/C/C=C/CCCCCCCC(=O)OC[C@H](CO[C@H]1O[C@@H](CO[C@H]2O[C@@H](CO)[C@@H](O)C(O)C2O)[C@@H](O)C(O)C1O)OC(=O)CCCCCCCCCCCCCCCCCCCCCCC. The standard InChI is InChI=1S/C56H102O15/c1-3-5-7-9-11-13-15-17-19-20-21-22-23-24-25-27-29-31-33-35-37-39-48(59)69-44(41-66-47(58)38-36-34-32-30-28-26-18-16-14-12-10-8-6-4-2)42-67-55-54(65)52(63)50(61)46(71-55)43-68-56-53(64)51(62)49(60)45(40-57)70-56/h10,12,16,18,44-46,49-57,60-65H,3-9,11,13-15,17,19-43H2,1-2H3/b12-10+,18-16+/t44-,45+,46+,49-,50-,51?,52?,53?,54?,55+,56+/m1/s1. The monoisotopic (exact) mass is 1010 g/mol. The molecule has 0 radical (unpaired) electrons. The third-order valence-electron chi connectivity index (χ3n) is 13.7. The van der Waals surface area contributed by atoms with Crippen LogP contribution >= 0.6 is 0 Å². The van der Waals surface area contributed by atoms with Gasteiger partial charge in [0.2, 0.25) is 0 Å². The van der Waals surface area contributed by atoms with Gasteiger partial charge in [0.25, 0.3) is 0 Å². The lowest BCUT2D eigenvalue weighted by molar-refractivity contribution is -0.332. The Balaban J connectivity index is 1.75. The Morgan fingerprint density at radius 1 is 0.451 bits per heavy atom. The van der Waals surface area contributed by atoms with E-state index in [2.05, 4.69) is 38.2 Å². The molecule has 7 N–H and O–H groups in total. The summed E-state index contributed by atoms with van der Waals surface area (Å²) < 4.78 is 33.7. The van der Waals surface area contributed by atoms with E-state index in [-0.39, 0.29) is 26.1 Å². The predicted molar refractivity (Wildman–Crippen MR) is 275 cm³/mol. The molecule has 0 aromatic heterocycles. The molecule has 0 spiro atoms. The van der Waals surface area contributed by atoms with Crippen LogP contribution in [0.5, 0.6) is 0 Å². The lowest BCUT2D eigenvalue weighted by atomic mass is 9.98. The number of hydrogen-bond donors (Lipinski definition) is 7. The Morgan fingerprint density at radius 3 is 1.35 bits per heavy atom. The molecular formula is C56H102O15. The summed E-state index contributed by atoms with van der Waals surface area (Å²) in [6.07, 6.45) is 29.2. The number of carbonyl (C=O) groups excluding carboxylic acids is 2. The molecule has 0 amide bonds. The van der Waals surface area contributed by atoms with E-state index in [0.29, 0.717) is 12.8 Å². The maximum atomic E-state index is 13.1. The number of ether oxygens (including phenoxy) is 6. The molecule has 2 heterocycles. The van der Waals surface area contributed by atoms with Crippen LogP contribution in [0.4, 0.5) is 0 Å². The van der Waals surface area contributed by atoms with Crippen LogP contribution in [-0.4, -0.2) is 142 Å². The molecule has 0 aromatic rings. The Kier molecular flexibility index (Phi) is 39.6. The third kappa shape index (κ3) is 30.8. The van der Waals surface area contributed by atoms with E-state index in [0.717, 1.165) is 64.2 Å². The summed E-state index contributed by atoms with van der Waals surface area (Å²) in [6, 6.07) is 0. The van der Waals surface area contributed by atoms with E-state index in [9.17, 15) is 45.3 Å². The van der Waals surface area contributed by atoms with Gasteiger partial charge in [0, 0.05) is 12.8 Å². The minimum Gasteiger partial charge on any atom is -0.462 e. The van der Waals surface area contributed by atoms with Gasteiger partial charge < -0.3 is 64.2 Å². The highest BCUT2D eigenvalue weighted by atomic mass is 16.7. The van der Waals surface area contributed by atoms with E-state index < -0.39 is 92.7 Å². The lowest BCUT2D eigenvalue weighted by Gasteiger charge is -2.42. The van der Waals surface area contributed by atoms with Gasteiger partial charge in [-0.2, -0.15) is 0 Å². The highest BCUT2D eigenvalue weighted by molar-refractivity contribution is 5.70. The summed E-state index contributed by atoms with van der Waals surface area (Å²) in [5, 5.41) is 72.2. The van der Waals surface area contributed by atoms with E-state index in [4.69, 9.17) is 28.4 Å². The average molecular weight is 1020 g/mol. The summed E-state index contributed by atoms with van der Waals surface area (Å²) in [6.45, 7) is 2.57. The molecular weight excluding hydrogens is 913 g/mol. The van der Waals surface area contributed by atoms with Crippen LogP contribution in [0.1, 0.15) is 226 Å². The first-order chi connectivity index (χ1) is 34.5. The fraction of sp³-hybridized carbons (Fsp3) is 0.893. The molecule has 2 aliphatic rings. The smallest absolute Gasteiger partial charge is 0.306 e. The molecule has 15 nitrogen and oxygen atoms in total. The van der Waals surface area contributed by atoms with Crippen LogP contribution in [0.25, 0.3) is 0 Å². The maximum absolute atomic E-state index is 13.1. The van der Waals surface area contributed by atoms with Crippen molar-refractivity contribution in [1.29, 1.82) is 0 Å². The minimum atomic E-state index is -1.76. The maximum Gasteiger partial charge on any atom is 0.306 e. The first kappa shape index (κ1) is 65.1. The van der Waals surface area contributed by atoms with Gasteiger partial charge in [-0.05, 0) is 38.5 Å². The Morgan fingerprint density at radius 2 is 0.859 bits per heavy atom. The van der Waals surface area contributed by atoms with Gasteiger partial charge in [-0.25, -0.2) is 0 Å². The molecule has 416 valence electrons. The van der Waals surface area contributed by atoms with Crippen molar-refractivity contribution >= 4 is 11.9 Å². The van der Waals surface area contributed by atoms with Crippen molar-refractivity contribution in [2.24, 2.45) is 0 Å². The van der Waals surface area contributed by atoms with E-state index in [1.165, 1.54) is 122 Å². The zero-order valence-electron chi connectivity index (χ0n) is 44.2. The Labute approximate surface area is 428 Å². The first-order valence-electron chi connectivity index (χ1n) is 28.4. The summed E-state index contributed by atoms with van der Waals surface area (Å²) in [4.78, 5) is 25.8. The minimum absolute atomic E-state index is 0.167. The van der Waals surface area contributed by atoms with Gasteiger partial charge >= 0.3 is 11.9 Å². The number of carbonyl (C=O) groups is 2. The van der Waals surface area contributed by atoms with Crippen molar-refractivity contribution in [2.45, 2.75) is 293 Å². The van der Waals surface area contributed by atoms with Gasteiger partial charge in [-0.15, -0.1) is 0 Å². The van der Waals surface area contributed by atoms with Crippen LogP contribution < -0.4 is 0 Å². The summed E-state index contributed by atoms with van der Waals surface area (Å²) in [7, 11) is 0. The number of hydrogen-bond acceptors (Lipinski definition) is 15. The Bertz CT molecular complexity index is 1330. The van der Waals surface area contributed by atoms with Crippen LogP contribution in [0, 0.1) is 0 Å². The summed E-state index contributed by atoms with van der Waals surface area (Å²) in [5.74, 6) is -0.930. The van der Waals surface area contributed by atoms with Gasteiger partial charge in [0.1, 0.15) is 55.4 Å². The molecule has 15 heteroatoms. The van der Waals surface area contributed by atoms with Crippen LogP contribution in [0.3, 0.4) is 0 Å². The molecule has 0 aliphatic carbocycles. The highest BCUT2D eigenvalue weighted by Gasteiger charge is 2.47. The predicted octanol–water partition coefficient (Wildman–Crippen LogP) is 9.11. The molecule has 2 rings (SSSR count).